The van der Waals surface area contributed by atoms with E-state index in [9.17, 15) is 18.0 Å². The number of carbonyl (C=O) groups is 1. The number of nitrogens with one attached hydrogen (secondary N) is 1. The highest BCUT2D eigenvalue weighted by atomic mass is 19.4. The molecule has 0 aliphatic rings. The van der Waals surface area contributed by atoms with E-state index in [0.717, 1.165) is 12.1 Å². The van der Waals surface area contributed by atoms with Crippen LogP contribution in [0.25, 0.3) is 0 Å². The minimum atomic E-state index is -4.58. The fraction of sp³-hybridized carbons (Fsp3) is 0.214. The summed E-state index contributed by atoms with van der Waals surface area (Å²) in [4.78, 5) is 11.9. The standard InChI is InChI=1S/C14H13F3N2O2/c1-2-9-4-6-12(21-9)13(20)19-8-3-5-11(18)10(7-8)14(15,16)17/h3-7H,2,18H2,1H3,(H,19,20). The van der Waals surface area contributed by atoms with Gasteiger partial charge in [0.1, 0.15) is 5.76 Å². The Labute approximate surface area is 118 Å². The Kier molecular flexibility index (Phi) is 3.93. The normalized spacial score (nSPS) is 11.4. The van der Waals surface area contributed by atoms with Crippen molar-refractivity contribution in [1.82, 2.24) is 0 Å². The number of furan rings is 1. The van der Waals surface area contributed by atoms with Crippen LogP contribution in [0.4, 0.5) is 24.5 Å². The zero-order valence-electron chi connectivity index (χ0n) is 11.1. The van der Waals surface area contributed by atoms with Crippen LogP contribution in [0.1, 0.15) is 28.8 Å². The van der Waals surface area contributed by atoms with Gasteiger partial charge in [0.2, 0.25) is 0 Å². The Hall–Kier alpha value is -2.44. The minimum absolute atomic E-state index is 0.00373. The van der Waals surface area contributed by atoms with Crippen molar-refractivity contribution < 1.29 is 22.4 Å². The first-order chi connectivity index (χ1) is 9.81. The molecule has 1 heterocycles. The third-order valence-corrected chi connectivity index (χ3v) is 2.85. The summed E-state index contributed by atoms with van der Waals surface area (Å²) in [6, 6.07) is 6.29. The van der Waals surface area contributed by atoms with Crippen molar-refractivity contribution in [3.05, 3.63) is 47.4 Å². The fourth-order valence-corrected chi connectivity index (χ4v) is 1.76. The average molecular weight is 298 g/mol. The molecule has 0 bridgehead atoms. The largest absolute Gasteiger partial charge is 0.456 e. The predicted molar refractivity (Wildman–Crippen MR) is 71.9 cm³/mol. The number of benzene rings is 1. The second-order valence-corrected chi connectivity index (χ2v) is 4.37. The summed E-state index contributed by atoms with van der Waals surface area (Å²) >= 11 is 0. The topological polar surface area (TPSA) is 68.3 Å². The molecule has 1 amide bonds. The molecule has 3 N–H and O–H groups in total. The van der Waals surface area contributed by atoms with Gasteiger partial charge in [-0.05, 0) is 30.3 Å². The van der Waals surface area contributed by atoms with Crippen LogP contribution >= 0.6 is 0 Å². The maximum atomic E-state index is 12.7. The second kappa shape index (κ2) is 5.51. The van der Waals surface area contributed by atoms with Crippen molar-refractivity contribution in [3.63, 3.8) is 0 Å². The lowest BCUT2D eigenvalue weighted by atomic mass is 10.1. The fourth-order valence-electron chi connectivity index (χ4n) is 1.76. The molecule has 1 aromatic carbocycles. The Morgan fingerprint density at radius 1 is 1.29 bits per heavy atom. The Balaban J connectivity index is 2.21. The maximum Gasteiger partial charge on any atom is 0.418 e. The van der Waals surface area contributed by atoms with E-state index >= 15 is 0 Å². The van der Waals surface area contributed by atoms with Crippen molar-refractivity contribution in [2.75, 3.05) is 11.1 Å². The van der Waals surface area contributed by atoms with Crippen molar-refractivity contribution in [3.8, 4) is 0 Å². The zero-order valence-corrected chi connectivity index (χ0v) is 11.1. The molecule has 0 aliphatic heterocycles. The highest BCUT2D eigenvalue weighted by Gasteiger charge is 2.33. The number of nitrogen functional groups attached to an aromatic ring is 1. The lowest BCUT2D eigenvalue weighted by molar-refractivity contribution is -0.136. The van der Waals surface area contributed by atoms with Crippen molar-refractivity contribution in [1.29, 1.82) is 0 Å². The van der Waals surface area contributed by atoms with Gasteiger partial charge < -0.3 is 15.5 Å². The molecule has 21 heavy (non-hydrogen) atoms. The van der Waals surface area contributed by atoms with E-state index in [2.05, 4.69) is 5.32 Å². The molecule has 0 saturated carbocycles. The molecule has 2 aromatic rings. The number of amides is 1. The molecule has 7 heteroatoms. The van der Waals surface area contributed by atoms with Crippen molar-refractivity contribution in [2.24, 2.45) is 0 Å². The molecule has 0 unspecified atom stereocenters. The zero-order chi connectivity index (χ0) is 15.6. The lowest BCUT2D eigenvalue weighted by Gasteiger charge is -2.12. The van der Waals surface area contributed by atoms with Gasteiger partial charge in [0, 0.05) is 17.8 Å². The van der Waals surface area contributed by atoms with Gasteiger partial charge in [-0.15, -0.1) is 0 Å². The van der Waals surface area contributed by atoms with Gasteiger partial charge in [0.05, 0.1) is 5.56 Å². The summed E-state index contributed by atoms with van der Waals surface area (Å²) < 4.78 is 43.4. The molecule has 112 valence electrons. The number of anilines is 2. The van der Waals surface area contributed by atoms with E-state index in [4.69, 9.17) is 10.2 Å². The maximum absolute atomic E-state index is 12.7. The molecule has 4 nitrogen and oxygen atoms in total. The van der Waals surface area contributed by atoms with Gasteiger partial charge in [-0.25, -0.2) is 0 Å². The van der Waals surface area contributed by atoms with Crippen LogP contribution in [-0.2, 0) is 12.6 Å². The second-order valence-electron chi connectivity index (χ2n) is 4.37. The highest BCUT2D eigenvalue weighted by molar-refractivity contribution is 6.02. The molecular formula is C14H13F3N2O2. The van der Waals surface area contributed by atoms with Crippen LogP contribution in [0.2, 0.25) is 0 Å². The first kappa shape index (κ1) is 15.0. The predicted octanol–water partition coefficient (Wildman–Crippen LogP) is 3.70. The van der Waals surface area contributed by atoms with Gasteiger partial charge in [-0.3, -0.25) is 4.79 Å². The van der Waals surface area contributed by atoms with E-state index in [-0.39, 0.29) is 11.4 Å². The molecular weight excluding hydrogens is 285 g/mol. The molecule has 0 aliphatic carbocycles. The summed E-state index contributed by atoms with van der Waals surface area (Å²) in [5.41, 5.74) is 3.90. The summed E-state index contributed by atoms with van der Waals surface area (Å²) in [5.74, 6) is 0.0401. The van der Waals surface area contributed by atoms with Gasteiger partial charge >= 0.3 is 6.18 Å². The number of aryl methyl sites for hydroxylation is 1. The number of halogens is 3. The minimum Gasteiger partial charge on any atom is -0.456 e. The van der Waals surface area contributed by atoms with E-state index in [1.54, 1.807) is 6.07 Å². The van der Waals surface area contributed by atoms with Crippen LogP contribution in [-0.4, -0.2) is 5.91 Å². The smallest absolute Gasteiger partial charge is 0.418 e. The highest BCUT2D eigenvalue weighted by Crippen LogP contribution is 2.35. The van der Waals surface area contributed by atoms with Crippen LogP contribution in [0.5, 0.6) is 0 Å². The summed E-state index contributed by atoms with van der Waals surface area (Å²) in [6.45, 7) is 1.86. The van der Waals surface area contributed by atoms with E-state index in [1.165, 1.54) is 12.1 Å². The van der Waals surface area contributed by atoms with Crippen molar-refractivity contribution in [2.45, 2.75) is 19.5 Å². The van der Waals surface area contributed by atoms with Gasteiger partial charge in [0.15, 0.2) is 5.76 Å². The van der Waals surface area contributed by atoms with Crippen LogP contribution in [0.3, 0.4) is 0 Å². The SMILES string of the molecule is CCc1ccc(C(=O)Nc2ccc(N)c(C(F)(F)F)c2)o1. The monoisotopic (exact) mass is 298 g/mol. The third-order valence-electron chi connectivity index (χ3n) is 2.85. The number of nitrogens with two attached hydrogens (primary N) is 1. The lowest BCUT2D eigenvalue weighted by Crippen LogP contribution is -2.13. The van der Waals surface area contributed by atoms with Crippen molar-refractivity contribution >= 4 is 17.3 Å². The molecule has 0 radical (unpaired) electrons. The summed E-state index contributed by atoms with van der Waals surface area (Å²) in [6.07, 6.45) is -3.96. The van der Waals surface area contributed by atoms with Gasteiger partial charge in [-0.2, -0.15) is 13.2 Å². The first-order valence-corrected chi connectivity index (χ1v) is 6.18. The molecule has 0 saturated heterocycles. The van der Waals surface area contributed by atoms with Gasteiger partial charge in [0.25, 0.3) is 5.91 Å². The van der Waals surface area contributed by atoms with Crippen LogP contribution in [0.15, 0.2) is 34.7 Å². The Morgan fingerprint density at radius 2 is 2.00 bits per heavy atom. The Bertz CT molecular complexity index is 662. The molecule has 1 aromatic heterocycles. The number of hydrogen-bond acceptors (Lipinski definition) is 3. The van der Waals surface area contributed by atoms with E-state index < -0.39 is 23.3 Å². The summed E-state index contributed by atoms with van der Waals surface area (Å²) in [5, 5.41) is 2.35. The third kappa shape index (κ3) is 3.36. The van der Waals surface area contributed by atoms with Gasteiger partial charge in [-0.1, -0.05) is 6.92 Å². The average Bonchev–Trinajstić information content (AvgIpc) is 2.88. The number of hydrogen-bond donors (Lipinski definition) is 2. The van der Waals surface area contributed by atoms with Crippen LogP contribution < -0.4 is 11.1 Å². The number of rotatable bonds is 3. The molecule has 0 spiro atoms. The Morgan fingerprint density at radius 3 is 2.57 bits per heavy atom. The van der Waals surface area contributed by atoms with E-state index in [1.807, 2.05) is 6.92 Å². The first-order valence-electron chi connectivity index (χ1n) is 6.18. The number of alkyl halides is 3. The molecule has 2 rings (SSSR count). The number of carbonyl (C=O) groups excluding carboxylic acids is 1. The van der Waals surface area contributed by atoms with E-state index in [0.29, 0.717) is 12.2 Å². The quantitative estimate of drug-likeness (QED) is 0.849. The summed E-state index contributed by atoms with van der Waals surface area (Å²) in [7, 11) is 0. The van der Waals surface area contributed by atoms with Crippen LogP contribution in [0, 0.1) is 0 Å². The molecule has 0 fully saturated rings. The molecule has 0 atom stereocenters.